The van der Waals surface area contributed by atoms with Crippen molar-refractivity contribution in [1.82, 2.24) is 10.4 Å². The maximum absolute atomic E-state index is 12.2. The Balaban J connectivity index is 1.77. The first-order valence-electron chi connectivity index (χ1n) is 6.35. The van der Waals surface area contributed by atoms with E-state index in [1.54, 1.807) is 6.26 Å². The predicted molar refractivity (Wildman–Crippen MR) is 68.2 cm³/mol. The van der Waals surface area contributed by atoms with Crippen LogP contribution in [-0.4, -0.2) is 24.0 Å². The molecule has 1 amide bonds. The number of hydrogen-bond donors (Lipinski definition) is 1. The molecule has 0 radical (unpaired) electrons. The van der Waals surface area contributed by atoms with Crippen molar-refractivity contribution >= 4 is 5.91 Å². The van der Waals surface area contributed by atoms with Crippen LogP contribution in [0.2, 0.25) is 0 Å². The zero-order valence-electron chi connectivity index (χ0n) is 10.2. The lowest BCUT2D eigenvalue weighted by molar-refractivity contribution is 0.0748. The lowest BCUT2D eigenvalue weighted by Crippen LogP contribution is -2.45. The monoisotopic (exact) mass is 244 g/mol. The number of carbonyl (C=O) groups is 1. The van der Waals surface area contributed by atoms with Crippen LogP contribution in [0.1, 0.15) is 29.6 Å². The SMILES string of the molecule is O=C(NN1CCCCC1)c1cocc2cccc1-2. The molecule has 0 spiro atoms. The molecule has 1 aliphatic carbocycles. The summed E-state index contributed by atoms with van der Waals surface area (Å²) in [7, 11) is 0. The molecule has 0 aromatic heterocycles. The van der Waals surface area contributed by atoms with Gasteiger partial charge in [-0.15, -0.1) is 0 Å². The Morgan fingerprint density at radius 2 is 2.00 bits per heavy atom. The second-order valence-corrected chi connectivity index (χ2v) is 4.67. The van der Waals surface area contributed by atoms with E-state index in [0.717, 1.165) is 37.1 Å². The van der Waals surface area contributed by atoms with Gasteiger partial charge in [0.25, 0.3) is 5.91 Å². The Hall–Kier alpha value is -1.81. The van der Waals surface area contributed by atoms with E-state index in [1.165, 1.54) is 12.7 Å². The summed E-state index contributed by atoms with van der Waals surface area (Å²) >= 11 is 0. The second-order valence-electron chi connectivity index (χ2n) is 4.67. The average Bonchev–Trinajstić information content (AvgIpc) is 2.87. The molecule has 0 aromatic carbocycles. The molecular formula is C14H16N2O2. The van der Waals surface area contributed by atoms with Crippen molar-refractivity contribution in [2.24, 2.45) is 0 Å². The normalized spacial score (nSPS) is 16.9. The van der Waals surface area contributed by atoms with Crippen LogP contribution in [0.4, 0.5) is 0 Å². The van der Waals surface area contributed by atoms with E-state index in [2.05, 4.69) is 5.43 Å². The van der Waals surface area contributed by atoms with Crippen molar-refractivity contribution in [2.45, 2.75) is 19.3 Å². The third-order valence-corrected chi connectivity index (χ3v) is 3.38. The molecule has 4 nitrogen and oxygen atoms in total. The highest BCUT2D eigenvalue weighted by molar-refractivity contribution is 6.00. The Morgan fingerprint density at radius 1 is 1.17 bits per heavy atom. The molecule has 3 aliphatic rings. The second kappa shape index (κ2) is 4.82. The maximum Gasteiger partial charge on any atom is 0.269 e. The van der Waals surface area contributed by atoms with Crippen molar-refractivity contribution in [2.75, 3.05) is 13.1 Å². The minimum absolute atomic E-state index is 0.0857. The number of rotatable bonds is 2. The summed E-state index contributed by atoms with van der Waals surface area (Å²) in [6, 6.07) is 5.81. The molecule has 0 unspecified atom stereocenters. The van der Waals surface area contributed by atoms with E-state index in [0.29, 0.717) is 5.56 Å². The van der Waals surface area contributed by atoms with Crippen molar-refractivity contribution in [3.63, 3.8) is 0 Å². The van der Waals surface area contributed by atoms with Crippen molar-refractivity contribution in [1.29, 1.82) is 0 Å². The average molecular weight is 244 g/mol. The molecule has 0 saturated carbocycles. The fraction of sp³-hybridized carbons (Fsp3) is 0.357. The third-order valence-electron chi connectivity index (χ3n) is 3.38. The molecule has 0 aromatic rings. The summed E-state index contributed by atoms with van der Waals surface area (Å²) in [5.74, 6) is -0.0857. The number of amides is 1. The number of nitrogens with one attached hydrogen (secondary N) is 1. The van der Waals surface area contributed by atoms with Crippen molar-refractivity contribution in [3.8, 4) is 11.1 Å². The number of piperidine rings is 1. The summed E-state index contributed by atoms with van der Waals surface area (Å²) in [4.78, 5) is 12.2. The first-order valence-corrected chi connectivity index (χ1v) is 6.35. The van der Waals surface area contributed by atoms with Crippen LogP contribution in [0.3, 0.4) is 0 Å². The van der Waals surface area contributed by atoms with Crippen LogP contribution in [0.15, 0.2) is 35.1 Å². The molecule has 1 saturated heterocycles. The van der Waals surface area contributed by atoms with E-state index in [4.69, 9.17) is 4.42 Å². The fourth-order valence-corrected chi connectivity index (χ4v) is 2.41. The summed E-state index contributed by atoms with van der Waals surface area (Å²) in [5, 5.41) is 1.99. The smallest absolute Gasteiger partial charge is 0.269 e. The van der Waals surface area contributed by atoms with Crippen LogP contribution in [0, 0.1) is 0 Å². The van der Waals surface area contributed by atoms with Crippen LogP contribution in [0.5, 0.6) is 0 Å². The zero-order valence-corrected chi connectivity index (χ0v) is 10.2. The molecule has 94 valence electrons. The molecule has 4 heteroatoms. The highest BCUT2D eigenvalue weighted by Crippen LogP contribution is 2.26. The van der Waals surface area contributed by atoms with Gasteiger partial charge in [-0.2, -0.15) is 0 Å². The highest BCUT2D eigenvalue weighted by atomic mass is 16.3. The quantitative estimate of drug-likeness (QED) is 0.882. The topological polar surface area (TPSA) is 45.5 Å². The Morgan fingerprint density at radius 3 is 2.83 bits per heavy atom. The number of hydrazine groups is 1. The van der Waals surface area contributed by atoms with E-state index in [-0.39, 0.29) is 5.91 Å². The van der Waals surface area contributed by atoms with Gasteiger partial charge in [0.05, 0.1) is 11.8 Å². The van der Waals surface area contributed by atoms with Crippen LogP contribution in [-0.2, 0) is 0 Å². The Kier molecular flexibility index (Phi) is 3.02. The number of hydrogen-bond acceptors (Lipinski definition) is 3. The summed E-state index contributed by atoms with van der Waals surface area (Å²) in [6.45, 7) is 1.86. The fourth-order valence-electron chi connectivity index (χ4n) is 2.41. The molecule has 18 heavy (non-hydrogen) atoms. The lowest BCUT2D eigenvalue weighted by Gasteiger charge is -2.26. The zero-order chi connectivity index (χ0) is 12.4. The lowest BCUT2D eigenvalue weighted by atomic mass is 10.1. The van der Waals surface area contributed by atoms with E-state index in [1.807, 2.05) is 23.2 Å². The first kappa shape index (κ1) is 11.3. The van der Waals surface area contributed by atoms with E-state index in [9.17, 15) is 4.79 Å². The molecule has 0 atom stereocenters. The molecular weight excluding hydrogens is 228 g/mol. The molecule has 3 rings (SSSR count). The number of fused-ring (bicyclic) bond motifs is 1. The van der Waals surface area contributed by atoms with Gasteiger partial charge in [0.1, 0.15) is 6.26 Å². The van der Waals surface area contributed by atoms with Crippen LogP contribution >= 0.6 is 0 Å². The van der Waals surface area contributed by atoms with Gasteiger partial charge in [0, 0.05) is 24.2 Å². The van der Waals surface area contributed by atoms with Gasteiger partial charge in [0.2, 0.25) is 0 Å². The summed E-state index contributed by atoms with van der Waals surface area (Å²) < 4.78 is 5.21. The molecule has 2 aliphatic heterocycles. The van der Waals surface area contributed by atoms with Gasteiger partial charge in [-0.3, -0.25) is 10.2 Å². The molecule has 1 N–H and O–H groups in total. The minimum Gasteiger partial charge on any atom is -0.471 e. The van der Waals surface area contributed by atoms with Gasteiger partial charge in [-0.25, -0.2) is 5.01 Å². The van der Waals surface area contributed by atoms with Crippen LogP contribution < -0.4 is 5.43 Å². The minimum atomic E-state index is -0.0857. The van der Waals surface area contributed by atoms with E-state index >= 15 is 0 Å². The third kappa shape index (κ3) is 2.11. The van der Waals surface area contributed by atoms with Gasteiger partial charge in [-0.1, -0.05) is 24.6 Å². The predicted octanol–water partition coefficient (Wildman–Crippen LogP) is 2.52. The number of carbonyl (C=O) groups excluding carboxylic acids is 1. The summed E-state index contributed by atoms with van der Waals surface area (Å²) in [6.07, 6.45) is 6.71. The molecule has 2 heterocycles. The first-order chi connectivity index (χ1) is 8.84. The summed E-state index contributed by atoms with van der Waals surface area (Å²) in [5.41, 5.74) is 5.45. The Labute approximate surface area is 106 Å². The van der Waals surface area contributed by atoms with Gasteiger partial charge in [0.15, 0.2) is 0 Å². The van der Waals surface area contributed by atoms with Gasteiger partial charge >= 0.3 is 0 Å². The van der Waals surface area contributed by atoms with Gasteiger partial charge in [-0.05, 0) is 12.8 Å². The van der Waals surface area contributed by atoms with Crippen molar-refractivity contribution in [3.05, 3.63) is 36.3 Å². The molecule has 1 fully saturated rings. The highest BCUT2D eigenvalue weighted by Gasteiger charge is 2.18. The standard InChI is InChI=1S/C14H16N2O2/c17-14(15-16-7-2-1-3-8-16)13-10-18-9-11-5-4-6-12(11)13/h4-6,9-10H,1-3,7-8H2,(H,15,17). The largest absolute Gasteiger partial charge is 0.471 e. The maximum atomic E-state index is 12.2. The van der Waals surface area contributed by atoms with Gasteiger partial charge < -0.3 is 4.42 Å². The molecule has 0 bridgehead atoms. The van der Waals surface area contributed by atoms with Crippen molar-refractivity contribution < 1.29 is 9.21 Å². The Bertz CT molecular complexity index is 514. The van der Waals surface area contributed by atoms with E-state index < -0.39 is 0 Å². The van der Waals surface area contributed by atoms with Crippen LogP contribution in [0.25, 0.3) is 11.1 Å². The number of nitrogens with zero attached hydrogens (tertiary/aromatic N) is 1.